The van der Waals surface area contributed by atoms with Crippen LogP contribution in [0.5, 0.6) is 0 Å². The van der Waals surface area contributed by atoms with Crippen molar-refractivity contribution in [1.82, 2.24) is 5.32 Å². The Morgan fingerprint density at radius 1 is 1.24 bits per heavy atom. The number of carbonyl (C=O) groups is 2. The van der Waals surface area contributed by atoms with E-state index >= 15 is 0 Å². The molecule has 4 nitrogen and oxygen atoms in total. The van der Waals surface area contributed by atoms with Crippen LogP contribution in [0.15, 0.2) is 0 Å². The second kappa shape index (κ2) is 7.40. The molecule has 0 saturated heterocycles. The second-order valence-corrected chi connectivity index (χ2v) is 8.29. The van der Waals surface area contributed by atoms with Crippen LogP contribution in [0, 0.1) is 5.92 Å². The van der Waals surface area contributed by atoms with E-state index in [4.69, 9.17) is 0 Å². The molecule has 2 aliphatic carbocycles. The maximum absolute atomic E-state index is 13.0. The SMILES string of the molecule is CC(F)(F)CCC(=O)Nc1sc2c(c1C(=O)NCC1CC1)CCCC2. The first-order chi connectivity index (χ1) is 11.8. The number of alkyl halides is 2. The summed E-state index contributed by atoms with van der Waals surface area (Å²) in [4.78, 5) is 25.8. The molecular weight excluding hydrogens is 346 g/mol. The summed E-state index contributed by atoms with van der Waals surface area (Å²) in [5.41, 5.74) is 1.58. The maximum atomic E-state index is 13.0. The number of nitrogens with one attached hydrogen (secondary N) is 2. The number of thiophene rings is 1. The van der Waals surface area contributed by atoms with Gasteiger partial charge in [-0.25, -0.2) is 8.78 Å². The monoisotopic (exact) mass is 370 g/mol. The van der Waals surface area contributed by atoms with Crippen LogP contribution in [0.4, 0.5) is 13.8 Å². The van der Waals surface area contributed by atoms with E-state index in [1.807, 2.05) is 0 Å². The van der Waals surface area contributed by atoms with Gasteiger partial charge in [0.25, 0.3) is 5.91 Å². The van der Waals surface area contributed by atoms with Gasteiger partial charge in [-0.3, -0.25) is 9.59 Å². The summed E-state index contributed by atoms with van der Waals surface area (Å²) in [6, 6.07) is 0. The molecule has 0 aliphatic heterocycles. The number of hydrogen-bond donors (Lipinski definition) is 2. The molecular formula is C18H24F2N2O2S. The van der Waals surface area contributed by atoms with E-state index in [0.717, 1.165) is 55.9 Å². The van der Waals surface area contributed by atoms with Crippen molar-refractivity contribution in [3.8, 4) is 0 Å². The Hall–Kier alpha value is -1.50. The van der Waals surface area contributed by atoms with Crippen molar-refractivity contribution in [2.75, 3.05) is 11.9 Å². The topological polar surface area (TPSA) is 58.2 Å². The van der Waals surface area contributed by atoms with Crippen LogP contribution >= 0.6 is 11.3 Å². The first-order valence-electron chi connectivity index (χ1n) is 8.94. The summed E-state index contributed by atoms with van der Waals surface area (Å²) in [7, 11) is 0. The van der Waals surface area contributed by atoms with E-state index in [0.29, 0.717) is 23.0 Å². The van der Waals surface area contributed by atoms with Crippen LogP contribution in [0.1, 0.15) is 66.2 Å². The molecule has 0 unspecified atom stereocenters. The van der Waals surface area contributed by atoms with Gasteiger partial charge in [0.2, 0.25) is 11.8 Å². The minimum atomic E-state index is -2.86. The lowest BCUT2D eigenvalue weighted by Gasteiger charge is -2.13. The lowest BCUT2D eigenvalue weighted by Crippen LogP contribution is -2.27. The highest BCUT2D eigenvalue weighted by Crippen LogP contribution is 2.38. The first-order valence-corrected chi connectivity index (χ1v) is 9.75. The van der Waals surface area contributed by atoms with Gasteiger partial charge in [-0.2, -0.15) is 0 Å². The number of rotatable bonds is 7. The molecule has 0 radical (unpaired) electrons. The molecule has 2 N–H and O–H groups in total. The minimum Gasteiger partial charge on any atom is -0.352 e. The highest BCUT2D eigenvalue weighted by atomic mass is 32.1. The van der Waals surface area contributed by atoms with Crippen molar-refractivity contribution in [2.45, 2.75) is 64.2 Å². The molecule has 7 heteroatoms. The van der Waals surface area contributed by atoms with Crippen molar-refractivity contribution < 1.29 is 18.4 Å². The third-order valence-corrected chi connectivity index (χ3v) is 5.90. The normalized spacial score (nSPS) is 17.1. The van der Waals surface area contributed by atoms with Crippen LogP contribution in [-0.4, -0.2) is 24.3 Å². The highest BCUT2D eigenvalue weighted by Gasteiger charge is 2.29. The van der Waals surface area contributed by atoms with Crippen molar-refractivity contribution in [3.63, 3.8) is 0 Å². The fourth-order valence-electron chi connectivity index (χ4n) is 3.06. The van der Waals surface area contributed by atoms with Crippen molar-refractivity contribution >= 4 is 28.2 Å². The predicted octanol–water partition coefficient (Wildman–Crippen LogP) is 4.14. The second-order valence-electron chi connectivity index (χ2n) is 7.19. The largest absolute Gasteiger partial charge is 0.352 e. The molecule has 2 aliphatic rings. The quantitative estimate of drug-likeness (QED) is 0.758. The zero-order chi connectivity index (χ0) is 18.0. The number of amides is 2. The van der Waals surface area contributed by atoms with Gasteiger partial charge in [0.05, 0.1) is 5.56 Å². The average Bonchev–Trinajstić information content (AvgIpc) is 3.30. The van der Waals surface area contributed by atoms with Gasteiger partial charge >= 0.3 is 0 Å². The smallest absolute Gasteiger partial charge is 0.254 e. The van der Waals surface area contributed by atoms with Crippen LogP contribution in [0.25, 0.3) is 0 Å². The Morgan fingerprint density at radius 2 is 1.96 bits per heavy atom. The summed E-state index contributed by atoms with van der Waals surface area (Å²) in [5, 5.41) is 6.19. The minimum absolute atomic E-state index is 0.151. The lowest BCUT2D eigenvalue weighted by atomic mass is 9.95. The number of fused-ring (bicyclic) bond motifs is 1. The van der Waals surface area contributed by atoms with Gasteiger partial charge in [0.15, 0.2) is 0 Å². The fourth-order valence-corrected chi connectivity index (χ4v) is 4.37. The third kappa shape index (κ3) is 5.00. The predicted molar refractivity (Wildman–Crippen MR) is 94.5 cm³/mol. The summed E-state index contributed by atoms with van der Waals surface area (Å²) in [6.45, 7) is 1.47. The number of hydrogen-bond acceptors (Lipinski definition) is 3. The molecule has 0 atom stereocenters. The van der Waals surface area contributed by atoms with Crippen molar-refractivity contribution in [3.05, 3.63) is 16.0 Å². The summed E-state index contributed by atoms with van der Waals surface area (Å²) < 4.78 is 25.9. The standard InChI is InChI=1S/C18H24F2N2O2S/c1-18(19,20)9-8-14(23)22-17-15(16(24)21-10-11-6-7-11)12-4-2-3-5-13(12)25-17/h11H,2-10H2,1H3,(H,21,24)(H,22,23). The van der Waals surface area contributed by atoms with Crippen molar-refractivity contribution in [2.24, 2.45) is 5.92 Å². The molecule has 0 spiro atoms. The summed E-state index contributed by atoms with van der Waals surface area (Å²) in [6.07, 6.45) is 5.40. The van der Waals surface area contributed by atoms with Crippen LogP contribution in [0.2, 0.25) is 0 Å². The molecule has 1 heterocycles. The van der Waals surface area contributed by atoms with E-state index in [1.54, 1.807) is 0 Å². The zero-order valence-corrected chi connectivity index (χ0v) is 15.2. The maximum Gasteiger partial charge on any atom is 0.254 e. The van der Waals surface area contributed by atoms with Crippen LogP contribution in [-0.2, 0) is 17.6 Å². The fraction of sp³-hybridized carbons (Fsp3) is 0.667. The number of halogens is 2. The van der Waals surface area contributed by atoms with Gasteiger partial charge in [-0.1, -0.05) is 0 Å². The molecule has 1 saturated carbocycles. The third-order valence-electron chi connectivity index (χ3n) is 4.69. The number of aryl methyl sites for hydroxylation is 1. The zero-order valence-electron chi connectivity index (χ0n) is 14.4. The first kappa shape index (κ1) is 18.3. The number of carbonyl (C=O) groups excluding carboxylic acids is 2. The van der Waals surface area contributed by atoms with Gasteiger partial charge in [-0.15, -0.1) is 11.3 Å². The van der Waals surface area contributed by atoms with E-state index in [-0.39, 0.29) is 12.3 Å². The Labute approximate surface area is 150 Å². The van der Waals surface area contributed by atoms with E-state index in [1.165, 1.54) is 11.3 Å². The molecule has 138 valence electrons. The Morgan fingerprint density at radius 3 is 2.64 bits per heavy atom. The van der Waals surface area contributed by atoms with Crippen molar-refractivity contribution in [1.29, 1.82) is 0 Å². The molecule has 1 fully saturated rings. The molecule has 2 amide bonds. The Bertz CT molecular complexity index is 663. The van der Waals surface area contributed by atoms with Gasteiger partial charge < -0.3 is 10.6 Å². The molecule has 1 aromatic heterocycles. The molecule has 0 bridgehead atoms. The van der Waals surface area contributed by atoms with Gasteiger partial charge in [-0.05, 0) is 56.9 Å². The molecule has 3 rings (SSSR count). The van der Waals surface area contributed by atoms with E-state index in [9.17, 15) is 18.4 Å². The van der Waals surface area contributed by atoms with Gasteiger partial charge in [0.1, 0.15) is 5.00 Å². The van der Waals surface area contributed by atoms with E-state index in [2.05, 4.69) is 10.6 Å². The number of anilines is 1. The molecule has 1 aromatic rings. The Balaban J connectivity index is 1.73. The lowest BCUT2D eigenvalue weighted by molar-refractivity contribution is -0.117. The van der Waals surface area contributed by atoms with E-state index < -0.39 is 18.3 Å². The average molecular weight is 370 g/mol. The van der Waals surface area contributed by atoms with Crippen LogP contribution in [0.3, 0.4) is 0 Å². The summed E-state index contributed by atoms with van der Waals surface area (Å²) >= 11 is 1.42. The van der Waals surface area contributed by atoms with Gasteiger partial charge in [0, 0.05) is 24.3 Å². The molecule has 0 aromatic carbocycles. The highest BCUT2D eigenvalue weighted by molar-refractivity contribution is 7.17. The Kier molecular flexibility index (Phi) is 5.41. The summed E-state index contributed by atoms with van der Waals surface area (Å²) in [5.74, 6) is -2.90. The molecule has 25 heavy (non-hydrogen) atoms. The van der Waals surface area contributed by atoms with Crippen LogP contribution < -0.4 is 10.6 Å².